The van der Waals surface area contributed by atoms with Gasteiger partial charge in [-0.25, -0.2) is 0 Å². The van der Waals surface area contributed by atoms with Crippen LogP contribution in [0.25, 0.3) is 0 Å². The van der Waals surface area contributed by atoms with Gasteiger partial charge in [-0.2, -0.15) is 0 Å². The molecular weight excluding hydrogens is 252 g/mol. The van der Waals surface area contributed by atoms with Gasteiger partial charge in [-0.3, -0.25) is 9.59 Å². The molecule has 0 amide bonds. The Balaban J connectivity index is 5.29. The first-order valence-corrected chi connectivity index (χ1v) is 6.56. The van der Waals surface area contributed by atoms with Crippen molar-refractivity contribution in [3.63, 3.8) is 0 Å². The average Bonchev–Trinajstić information content (AvgIpc) is 2.37. The maximum Gasteiger partial charge on any atom is 0.295 e. The fourth-order valence-corrected chi connectivity index (χ4v) is 1.62. The second-order valence-corrected chi connectivity index (χ2v) is 3.65. The summed E-state index contributed by atoms with van der Waals surface area (Å²) in [6, 6.07) is 0. The standard InChI is InChI=1S/C13H24O6/c1-6-16-12(17-7-2)11(15)13(10(5)14,18-8-3)19-9-4/h12H,6-9H2,1-5H3. The molecule has 0 radical (unpaired) electrons. The van der Waals surface area contributed by atoms with Crippen molar-refractivity contribution in [3.05, 3.63) is 0 Å². The van der Waals surface area contributed by atoms with Gasteiger partial charge in [0, 0.05) is 33.4 Å². The van der Waals surface area contributed by atoms with Crippen LogP contribution < -0.4 is 0 Å². The molecule has 0 unspecified atom stereocenters. The van der Waals surface area contributed by atoms with Gasteiger partial charge >= 0.3 is 0 Å². The van der Waals surface area contributed by atoms with Crippen molar-refractivity contribution < 1.29 is 28.5 Å². The van der Waals surface area contributed by atoms with Crippen LogP contribution in [0.2, 0.25) is 0 Å². The number of hydrogen-bond donors (Lipinski definition) is 0. The summed E-state index contributed by atoms with van der Waals surface area (Å²) in [5.74, 6) is -3.13. The third-order valence-electron chi connectivity index (χ3n) is 2.33. The molecule has 0 aliphatic rings. The molecule has 19 heavy (non-hydrogen) atoms. The topological polar surface area (TPSA) is 71.1 Å². The molecule has 0 N–H and O–H groups in total. The fraction of sp³-hybridized carbons (Fsp3) is 0.846. The molecule has 6 heteroatoms. The largest absolute Gasteiger partial charge is 0.346 e. The van der Waals surface area contributed by atoms with Crippen LogP contribution in [0.4, 0.5) is 0 Å². The van der Waals surface area contributed by atoms with Crippen molar-refractivity contribution in [1.82, 2.24) is 0 Å². The molecule has 0 aromatic heterocycles. The normalized spacial score (nSPS) is 11.9. The van der Waals surface area contributed by atoms with E-state index in [2.05, 4.69) is 0 Å². The van der Waals surface area contributed by atoms with Gasteiger partial charge in [-0.05, 0) is 27.7 Å². The molecule has 0 saturated heterocycles. The van der Waals surface area contributed by atoms with Gasteiger partial charge in [0.05, 0.1) is 0 Å². The summed E-state index contributed by atoms with van der Waals surface area (Å²) in [5, 5.41) is 0. The smallest absolute Gasteiger partial charge is 0.295 e. The molecule has 0 aromatic carbocycles. The lowest BCUT2D eigenvalue weighted by Gasteiger charge is -2.31. The van der Waals surface area contributed by atoms with Crippen LogP contribution >= 0.6 is 0 Å². The van der Waals surface area contributed by atoms with Gasteiger partial charge < -0.3 is 18.9 Å². The van der Waals surface area contributed by atoms with Gasteiger partial charge in [0.25, 0.3) is 11.6 Å². The van der Waals surface area contributed by atoms with Gasteiger partial charge in [-0.1, -0.05) is 0 Å². The molecule has 112 valence electrons. The molecule has 0 rings (SSSR count). The lowest BCUT2D eigenvalue weighted by atomic mass is 10.1. The Labute approximate surface area is 114 Å². The van der Waals surface area contributed by atoms with Crippen LogP contribution in [-0.4, -0.2) is 50.1 Å². The van der Waals surface area contributed by atoms with E-state index in [0.717, 1.165) is 0 Å². The zero-order valence-corrected chi connectivity index (χ0v) is 12.4. The third-order valence-corrected chi connectivity index (χ3v) is 2.33. The van der Waals surface area contributed by atoms with Gasteiger partial charge in [0.2, 0.25) is 6.29 Å². The molecule has 0 atom stereocenters. The lowest BCUT2D eigenvalue weighted by Crippen LogP contribution is -2.55. The highest BCUT2D eigenvalue weighted by atomic mass is 16.7. The van der Waals surface area contributed by atoms with Crippen molar-refractivity contribution in [2.75, 3.05) is 26.4 Å². The Hall–Kier alpha value is -0.820. The molecule has 0 spiro atoms. The summed E-state index contributed by atoms with van der Waals surface area (Å²) in [4.78, 5) is 24.3. The lowest BCUT2D eigenvalue weighted by molar-refractivity contribution is -0.240. The van der Waals surface area contributed by atoms with E-state index >= 15 is 0 Å². The number of rotatable bonds is 11. The highest BCUT2D eigenvalue weighted by molar-refractivity contribution is 6.09. The number of ketones is 2. The van der Waals surface area contributed by atoms with E-state index in [0.29, 0.717) is 0 Å². The summed E-state index contributed by atoms with van der Waals surface area (Å²) < 4.78 is 21.0. The van der Waals surface area contributed by atoms with Crippen molar-refractivity contribution in [3.8, 4) is 0 Å². The zero-order chi connectivity index (χ0) is 14.9. The van der Waals surface area contributed by atoms with Crippen LogP contribution in [-0.2, 0) is 28.5 Å². The summed E-state index contributed by atoms with van der Waals surface area (Å²) in [6.45, 7) is 8.96. The molecule has 0 aromatic rings. The SMILES string of the molecule is CCOC(OCC)C(=O)C(OCC)(OCC)C(C)=O. The van der Waals surface area contributed by atoms with Crippen molar-refractivity contribution in [2.24, 2.45) is 0 Å². The minimum atomic E-state index is -1.95. The minimum Gasteiger partial charge on any atom is -0.346 e. The van der Waals surface area contributed by atoms with E-state index in [1.54, 1.807) is 27.7 Å². The zero-order valence-electron chi connectivity index (χ0n) is 12.4. The first-order valence-electron chi connectivity index (χ1n) is 6.56. The van der Waals surface area contributed by atoms with E-state index in [-0.39, 0.29) is 26.4 Å². The molecule has 0 saturated carbocycles. The minimum absolute atomic E-state index is 0.163. The first kappa shape index (κ1) is 18.2. The predicted molar refractivity (Wildman–Crippen MR) is 68.7 cm³/mol. The first-order chi connectivity index (χ1) is 8.99. The maximum atomic E-state index is 12.4. The molecule has 0 heterocycles. The number of carbonyl (C=O) groups is 2. The van der Waals surface area contributed by atoms with Crippen molar-refractivity contribution in [1.29, 1.82) is 0 Å². The molecule has 0 aliphatic heterocycles. The Morgan fingerprint density at radius 3 is 1.58 bits per heavy atom. The monoisotopic (exact) mass is 276 g/mol. The Morgan fingerprint density at radius 1 is 0.895 bits per heavy atom. The molecule has 0 aliphatic carbocycles. The van der Waals surface area contributed by atoms with Crippen molar-refractivity contribution in [2.45, 2.75) is 46.7 Å². The summed E-state index contributed by atoms with van der Waals surface area (Å²) in [7, 11) is 0. The number of carbonyl (C=O) groups excluding carboxylic acids is 2. The van der Waals surface area contributed by atoms with E-state index in [1.165, 1.54) is 6.92 Å². The van der Waals surface area contributed by atoms with E-state index in [1.807, 2.05) is 0 Å². The Kier molecular flexibility index (Phi) is 8.75. The second-order valence-electron chi connectivity index (χ2n) is 3.65. The van der Waals surface area contributed by atoms with Crippen molar-refractivity contribution >= 4 is 11.6 Å². The summed E-state index contributed by atoms with van der Waals surface area (Å²) in [5.41, 5.74) is 0. The molecule has 6 nitrogen and oxygen atoms in total. The molecular formula is C13H24O6. The third kappa shape index (κ3) is 4.65. The Bertz CT molecular complexity index is 277. The quantitative estimate of drug-likeness (QED) is 0.418. The predicted octanol–water partition coefficient (Wildman–Crippen LogP) is 1.31. The highest BCUT2D eigenvalue weighted by Crippen LogP contribution is 2.20. The fourth-order valence-electron chi connectivity index (χ4n) is 1.62. The van der Waals surface area contributed by atoms with Crippen LogP contribution in [0, 0.1) is 0 Å². The Morgan fingerprint density at radius 2 is 1.32 bits per heavy atom. The van der Waals surface area contributed by atoms with E-state index in [9.17, 15) is 9.59 Å². The second kappa shape index (κ2) is 9.14. The maximum absolute atomic E-state index is 12.4. The number of ether oxygens (including phenoxy) is 4. The van der Waals surface area contributed by atoms with Crippen LogP contribution in [0.3, 0.4) is 0 Å². The van der Waals surface area contributed by atoms with Gasteiger partial charge in [-0.15, -0.1) is 0 Å². The summed E-state index contributed by atoms with van der Waals surface area (Å²) in [6.07, 6.45) is -1.17. The summed E-state index contributed by atoms with van der Waals surface area (Å²) >= 11 is 0. The van der Waals surface area contributed by atoms with Gasteiger partial charge in [0.1, 0.15) is 0 Å². The van der Waals surface area contributed by atoms with E-state index in [4.69, 9.17) is 18.9 Å². The number of Topliss-reactive ketones (excluding diaryl/α,β-unsaturated/α-hetero) is 2. The van der Waals surface area contributed by atoms with Crippen LogP contribution in [0.5, 0.6) is 0 Å². The average molecular weight is 276 g/mol. The van der Waals surface area contributed by atoms with E-state index < -0.39 is 23.6 Å². The van der Waals surface area contributed by atoms with Gasteiger partial charge in [0.15, 0.2) is 5.78 Å². The highest BCUT2D eigenvalue weighted by Gasteiger charge is 2.49. The number of hydrogen-bond acceptors (Lipinski definition) is 6. The molecule has 0 fully saturated rings. The van der Waals surface area contributed by atoms with Crippen LogP contribution in [0.15, 0.2) is 0 Å². The molecule has 0 bridgehead atoms. The van der Waals surface area contributed by atoms with Crippen LogP contribution in [0.1, 0.15) is 34.6 Å².